The van der Waals surface area contributed by atoms with Crippen LogP contribution in [0.3, 0.4) is 0 Å². The van der Waals surface area contributed by atoms with Crippen LogP contribution in [0.15, 0.2) is 52.3 Å². The standard InChI is InChI=1S/C18H20N2O2/c1-13(16-10-17(21)19-22-16)20-11-15(14-6-3-2-4-7-14)18(12-20)8-5-9-18/h2-4,6-7,10,15H,1,5,8-9,11-12H2,(H,19,21). The second-order valence-corrected chi connectivity index (χ2v) is 6.58. The van der Waals surface area contributed by atoms with Crippen LogP contribution in [0.1, 0.15) is 36.5 Å². The molecule has 0 radical (unpaired) electrons. The zero-order valence-corrected chi connectivity index (χ0v) is 12.5. The molecule has 22 heavy (non-hydrogen) atoms. The SMILES string of the molecule is C=C(c1cc(=O)[nH]o1)N1CC(c2ccccc2)C2(CCC2)C1. The number of likely N-dealkylation sites (tertiary alicyclic amines) is 1. The van der Waals surface area contributed by atoms with Crippen molar-refractivity contribution in [2.24, 2.45) is 5.41 Å². The Balaban J connectivity index is 1.62. The number of aromatic nitrogens is 1. The van der Waals surface area contributed by atoms with Crippen LogP contribution in [-0.4, -0.2) is 23.1 Å². The molecule has 2 aliphatic rings. The van der Waals surface area contributed by atoms with Crippen molar-refractivity contribution in [3.8, 4) is 0 Å². The Hall–Kier alpha value is -2.23. The molecule has 1 N–H and O–H groups in total. The van der Waals surface area contributed by atoms with Crippen LogP contribution in [-0.2, 0) is 0 Å². The first-order chi connectivity index (χ1) is 10.7. The fourth-order valence-electron chi connectivity index (χ4n) is 4.04. The van der Waals surface area contributed by atoms with E-state index in [9.17, 15) is 4.79 Å². The van der Waals surface area contributed by atoms with Gasteiger partial charge in [0.25, 0.3) is 5.56 Å². The van der Waals surface area contributed by atoms with Gasteiger partial charge in [0, 0.05) is 19.0 Å². The summed E-state index contributed by atoms with van der Waals surface area (Å²) in [6.07, 6.45) is 3.85. The van der Waals surface area contributed by atoms with E-state index in [0.29, 0.717) is 17.1 Å². The van der Waals surface area contributed by atoms with Gasteiger partial charge in [0.2, 0.25) is 0 Å². The second kappa shape index (κ2) is 4.90. The largest absolute Gasteiger partial charge is 0.377 e. The molecule has 4 heteroatoms. The van der Waals surface area contributed by atoms with Gasteiger partial charge >= 0.3 is 0 Å². The Morgan fingerprint density at radius 1 is 1.32 bits per heavy atom. The van der Waals surface area contributed by atoms with Crippen molar-refractivity contribution in [1.82, 2.24) is 10.1 Å². The van der Waals surface area contributed by atoms with Gasteiger partial charge in [0.05, 0.1) is 11.8 Å². The summed E-state index contributed by atoms with van der Waals surface area (Å²) in [4.78, 5) is 13.6. The molecule has 0 amide bonds. The third kappa shape index (κ3) is 2.02. The van der Waals surface area contributed by atoms with E-state index < -0.39 is 0 Å². The van der Waals surface area contributed by atoms with Crippen molar-refractivity contribution < 1.29 is 4.52 Å². The molecule has 2 heterocycles. The van der Waals surface area contributed by atoms with Gasteiger partial charge in [-0.25, -0.2) is 0 Å². The van der Waals surface area contributed by atoms with Gasteiger partial charge < -0.3 is 9.42 Å². The molecule has 0 bridgehead atoms. The Labute approximate surface area is 129 Å². The summed E-state index contributed by atoms with van der Waals surface area (Å²) in [5, 5.41) is 2.35. The molecule has 2 aromatic rings. The Morgan fingerprint density at radius 3 is 2.68 bits per heavy atom. The van der Waals surface area contributed by atoms with Crippen LogP contribution in [0.4, 0.5) is 0 Å². The smallest absolute Gasteiger partial charge is 0.280 e. The molecule has 1 saturated heterocycles. The minimum Gasteiger partial charge on any atom is -0.377 e. The number of hydrogen-bond acceptors (Lipinski definition) is 3. The van der Waals surface area contributed by atoms with Crippen molar-refractivity contribution in [2.75, 3.05) is 13.1 Å². The molecule has 4 rings (SSSR count). The van der Waals surface area contributed by atoms with E-state index in [0.717, 1.165) is 18.8 Å². The highest BCUT2D eigenvalue weighted by Gasteiger charge is 2.51. The fraction of sp³-hybridized carbons (Fsp3) is 0.389. The zero-order valence-electron chi connectivity index (χ0n) is 12.5. The van der Waals surface area contributed by atoms with Gasteiger partial charge in [-0.2, -0.15) is 5.16 Å². The Kier molecular flexibility index (Phi) is 2.99. The third-order valence-corrected chi connectivity index (χ3v) is 5.39. The molecule has 1 aliphatic heterocycles. The highest BCUT2D eigenvalue weighted by Crippen LogP contribution is 2.56. The first kappa shape index (κ1) is 13.4. The van der Waals surface area contributed by atoms with E-state index in [1.54, 1.807) is 0 Å². The maximum absolute atomic E-state index is 11.3. The van der Waals surface area contributed by atoms with Crippen molar-refractivity contribution in [3.63, 3.8) is 0 Å². The minimum absolute atomic E-state index is 0.215. The maximum Gasteiger partial charge on any atom is 0.280 e. The fourth-order valence-corrected chi connectivity index (χ4v) is 4.04. The van der Waals surface area contributed by atoms with E-state index in [1.807, 2.05) is 0 Å². The van der Waals surface area contributed by atoms with E-state index in [4.69, 9.17) is 4.52 Å². The highest BCUT2D eigenvalue weighted by atomic mass is 16.5. The summed E-state index contributed by atoms with van der Waals surface area (Å²) in [6.45, 7) is 6.09. The summed E-state index contributed by atoms with van der Waals surface area (Å²) in [5.41, 5.74) is 2.37. The highest BCUT2D eigenvalue weighted by molar-refractivity contribution is 5.57. The number of aromatic amines is 1. The number of nitrogens with one attached hydrogen (secondary N) is 1. The lowest BCUT2D eigenvalue weighted by Crippen LogP contribution is -2.36. The number of hydrogen-bond donors (Lipinski definition) is 1. The number of benzene rings is 1. The normalized spacial score (nSPS) is 22.7. The molecule has 1 aromatic heterocycles. The number of H-pyrrole nitrogens is 1. The molecular weight excluding hydrogens is 276 g/mol. The average Bonchev–Trinajstić information content (AvgIpc) is 3.11. The molecule has 1 aliphatic carbocycles. The van der Waals surface area contributed by atoms with E-state index in [2.05, 4.69) is 47.0 Å². The van der Waals surface area contributed by atoms with Gasteiger partial charge in [0.1, 0.15) is 0 Å². The second-order valence-electron chi connectivity index (χ2n) is 6.58. The average molecular weight is 296 g/mol. The molecule has 2 fully saturated rings. The van der Waals surface area contributed by atoms with Crippen molar-refractivity contribution in [3.05, 3.63) is 64.7 Å². The van der Waals surface area contributed by atoms with Crippen LogP contribution < -0.4 is 5.56 Å². The molecule has 1 unspecified atom stereocenters. The predicted octanol–water partition coefficient (Wildman–Crippen LogP) is 3.21. The first-order valence-electron chi connectivity index (χ1n) is 7.86. The Bertz CT molecular complexity index is 740. The van der Waals surface area contributed by atoms with E-state index >= 15 is 0 Å². The van der Waals surface area contributed by atoms with Crippen molar-refractivity contribution in [1.29, 1.82) is 0 Å². The molecule has 1 atom stereocenters. The van der Waals surface area contributed by atoms with Gasteiger partial charge in [-0.15, -0.1) is 0 Å². The topological polar surface area (TPSA) is 49.2 Å². The van der Waals surface area contributed by atoms with Crippen molar-refractivity contribution in [2.45, 2.75) is 25.2 Å². The lowest BCUT2D eigenvalue weighted by molar-refractivity contribution is 0.129. The lowest BCUT2D eigenvalue weighted by Gasteiger charge is -2.43. The quantitative estimate of drug-likeness (QED) is 0.946. The summed E-state index contributed by atoms with van der Waals surface area (Å²) in [5.74, 6) is 1.08. The Morgan fingerprint density at radius 2 is 2.09 bits per heavy atom. The van der Waals surface area contributed by atoms with Crippen LogP contribution in [0.2, 0.25) is 0 Å². The first-order valence-corrected chi connectivity index (χ1v) is 7.86. The predicted molar refractivity (Wildman–Crippen MR) is 85.4 cm³/mol. The summed E-state index contributed by atoms with van der Waals surface area (Å²) >= 11 is 0. The summed E-state index contributed by atoms with van der Waals surface area (Å²) in [7, 11) is 0. The monoisotopic (exact) mass is 296 g/mol. The van der Waals surface area contributed by atoms with Gasteiger partial charge in [0.15, 0.2) is 5.76 Å². The van der Waals surface area contributed by atoms with Crippen LogP contribution in [0.5, 0.6) is 0 Å². The number of rotatable bonds is 3. The summed E-state index contributed by atoms with van der Waals surface area (Å²) in [6, 6.07) is 12.2. The van der Waals surface area contributed by atoms with Crippen molar-refractivity contribution >= 4 is 5.70 Å². The molecule has 4 nitrogen and oxygen atoms in total. The number of nitrogens with zero attached hydrogens (tertiary/aromatic N) is 1. The van der Waals surface area contributed by atoms with Crippen LogP contribution in [0.25, 0.3) is 5.70 Å². The molecular formula is C18H20N2O2. The lowest BCUT2D eigenvalue weighted by atomic mass is 9.61. The molecule has 1 spiro atoms. The third-order valence-electron chi connectivity index (χ3n) is 5.39. The maximum atomic E-state index is 11.3. The van der Waals surface area contributed by atoms with E-state index in [1.165, 1.54) is 30.9 Å². The van der Waals surface area contributed by atoms with Crippen LogP contribution in [0, 0.1) is 5.41 Å². The molecule has 114 valence electrons. The van der Waals surface area contributed by atoms with Gasteiger partial charge in [-0.05, 0) is 23.8 Å². The summed E-state index contributed by atoms with van der Waals surface area (Å²) < 4.78 is 5.22. The van der Waals surface area contributed by atoms with E-state index in [-0.39, 0.29) is 5.56 Å². The van der Waals surface area contributed by atoms with Gasteiger partial charge in [-0.1, -0.05) is 43.3 Å². The zero-order chi connectivity index (χ0) is 15.2. The van der Waals surface area contributed by atoms with Crippen LogP contribution >= 0.6 is 0 Å². The van der Waals surface area contributed by atoms with Gasteiger partial charge in [-0.3, -0.25) is 4.79 Å². The molecule has 1 aromatic carbocycles. The molecule has 1 saturated carbocycles. The minimum atomic E-state index is -0.215.